The van der Waals surface area contributed by atoms with Crippen LogP contribution in [0.2, 0.25) is 0 Å². The van der Waals surface area contributed by atoms with Crippen LogP contribution < -0.4 is 0 Å². The fourth-order valence-electron chi connectivity index (χ4n) is 0.285. The molecular formula is C6H15OY-. The first-order chi connectivity index (χ1) is 2.77. The van der Waals surface area contributed by atoms with E-state index in [2.05, 4.69) is 6.92 Å². The summed E-state index contributed by atoms with van der Waals surface area (Å²) in [5, 5.41) is 0. The van der Waals surface area contributed by atoms with E-state index in [-0.39, 0.29) is 46.2 Å². The summed E-state index contributed by atoms with van der Waals surface area (Å²) in [5.41, 5.74) is 0. The smallest absolute Gasteiger partial charge is 0.0405 e. The molecule has 8 heavy (non-hydrogen) atoms. The van der Waals surface area contributed by atoms with E-state index in [0.29, 0.717) is 0 Å². The van der Waals surface area contributed by atoms with Gasteiger partial charge < -0.3 is 11.7 Å². The van der Waals surface area contributed by atoms with Crippen LogP contribution in [0.15, 0.2) is 0 Å². The van der Waals surface area contributed by atoms with Crippen LogP contribution in [0.3, 0.4) is 0 Å². The van der Waals surface area contributed by atoms with Gasteiger partial charge in [0.1, 0.15) is 0 Å². The normalized spacial score (nSPS) is 10.9. The maximum atomic E-state index is 4.93. The Bertz CT molecular complexity index is 29.7. The van der Waals surface area contributed by atoms with Crippen LogP contribution in [0, 0.1) is 6.92 Å². The molecule has 0 N–H and O–H groups in total. The number of hydrogen-bond donors (Lipinski definition) is 0. The molecule has 0 amide bonds. The fraction of sp³-hybridized carbons (Fsp3) is 0.833. The molecule has 1 radical (unpaired) electrons. The number of hydrogen-bond acceptors (Lipinski definition) is 1. The molecule has 0 aromatic carbocycles. The Labute approximate surface area is 78.1 Å². The summed E-state index contributed by atoms with van der Waals surface area (Å²) in [6.45, 7) is 8.25. The summed E-state index contributed by atoms with van der Waals surface area (Å²) in [7, 11) is 0. The number of ether oxygens (including phenoxy) is 1. The van der Waals surface area contributed by atoms with Crippen molar-refractivity contribution in [1.29, 1.82) is 0 Å². The topological polar surface area (TPSA) is 9.23 Å². The fourth-order valence-corrected chi connectivity index (χ4v) is 0.285. The monoisotopic (exact) mass is 192 g/mol. The molecule has 0 rings (SSSR count). The minimum atomic E-state index is 0. The van der Waals surface area contributed by atoms with E-state index >= 15 is 0 Å². The van der Waals surface area contributed by atoms with Crippen molar-refractivity contribution in [3.8, 4) is 0 Å². The van der Waals surface area contributed by atoms with Crippen LogP contribution in [0.25, 0.3) is 0 Å². The first-order valence-electron chi connectivity index (χ1n) is 2.22. The Morgan fingerprint density at radius 2 is 2.00 bits per heavy atom. The van der Waals surface area contributed by atoms with Crippen molar-refractivity contribution in [3.63, 3.8) is 0 Å². The van der Waals surface area contributed by atoms with E-state index in [4.69, 9.17) is 4.74 Å². The van der Waals surface area contributed by atoms with Crippen molar-refractivity contribution in [2.45, 2.75) is 27.4 Å². The average Bonchev–Trinajstić information content (AvgIpc) is 1.35. The molecule has 1 nitrogen and oxygen atoms in total. The van der Waals surface area contributed by atoms with Gasteiger partial charge in [-0.1, -0.05) is 20.5 Å². The minimum absolute atomic E-state index is 0. The second-order valence-electron chi connectivity index (χ2n) is 1.27. The van der Waals surface area contributed by atoms with E-state index in [0.717, 1.165) is 6.61 Å². The van der Waals surface area contributed by atoms with Gasteiger partial charge in [0.2, 0.25) is 0 Å². The van der Waals surface area contributed by atoms with Crippen molar-refractivity contribution in [2.75, 3.05) is 6.61 Å². The first-order valence-corrected chi connectivity index (χ1v) is 2.22. The van der Waals surface area contributed by atoms with Gasteiger partial charge in [0.05, 0.1) is 0 Å². The Morgan fingerprint density at radius 3 is 2.00 bits per heavy atom. The summed E-state index contributed by atoms with van der Waals surface area (Å²) in [6, 6.07) is 0. The second kappa shape index (κ2) is 10.9. The van der Waals surface area contributed by atoms with Gasteiger partial charge in [-0.05, 0) is 6.92 Å². The molecule has 0 aliphatic carbocycles. The average molecular weight is 192 g/mol. The molecule has 1 unspecified atom stereocenters. The predicted octanol–water partition coefficient (Wildman–Crippen LogP) is 1.88. The number of rotatable bonds is 2. The molecule has 0 bridgehead atoms. The van der Waals surface area contributed by atoms with Gasteiger partial charge in [0.15, 0.2) is 0 Å². The molecule has 0 aliphatic heterocycles. The van der Waals surface area contributed by atoms with Crippen LogP contribution in [-0.2, 0) is 37.4 Å². The zero-order chi connectivity index (χ0) is 4.99. The summed E-state index contributed by atoms with van der Waals surface area (Å²) >= 11 is 0. The molecule has 49 valence electrons. The molecule has 0 saturated heterocycles. The van der Waals surface area contributed by atoms with Gasteiger partial charge >= 0.3 is 0 Å². The Balaban J connectivity index is -0.000000125. The predicted molar refractivity (Wildman–Crippen MR) is 33.2 cm³/mol. The summed E-state index contributed by atoms with van der Waals surface area (Å²) in [5.74, 6) is 0. The van der Waals surface area contributed by atoms with E-state index in [1.165, 1.54) is 0 Å². The van der Waals surface area contributed by atoms with Crippen LogP contribution in [0.5, 0.6) is 0 Å². The van der Waals surface area contributed by atoms with Gasteiger partial charge in [0.25, 0.3) is 0 Å². The molecule has 0 aromatic heterocycles. The molecular weight excluding hydrogens is 177 g/mol. The van der Waals surface area contributed by atoms with E-state index in [9.17, 15) is 0 Å². The van der Waals surface area contributed by atoms with Crippen LogP contribution in [0.1, 0.15) is 21.3 Å². The molecule has 0 aliphatic rings. The molecule has 0 fully saturated rings. The Morgan fingerprint density at radius 1 is 1.62 bits per heavy atom. The van der Waals surface area contributed by atoms with Crippen LogP contribution in [0.4, 0.5) is 0 Å². The maximum absolute atomic E-state index is 4.93. The molecule has 1 atom stereocenters. The molecule has 2 heteroatoms. The SMILES string of the molecule is C.[CH2-]C(C)OCC.[Y]. The van der Waals surface area contributed by atoms with Crippen molar-refractivity contribution < 1.29 is 37.4 Å². The third-order valence-electron chi connectivity index (χ3n) is 0.451. The van der Waals surface area contributed by atoms with Gasteiger partial charge in [0, 0.05) is 39.3 Å². The summed E-state index contributed by atoms with van der Waals surface area (Å²) < 4.78 is 4.93. The van der Waals surface area contributed by atoms with E-state index in [1.807, 2.05) is 13.8 Å². The van der Waals surface area contributed by atoms with Gasteiger partial charge in [-0.15, -0.1) is 0 Å². The van der Waals surface area contributed by atoms with Crippen LogP contribution >= 0.6 is 0 Å². The largest absolute Gasteiger partial charge is 0.411 e. The second-order valence-corrected chi connectivity index (χ2v) is 1.27. The Kier molecular flexibility index (Phi) is 21.9. The molecule has 0 spiro atoms. The third kappa shape index (κ3) is 15.7. The molecule has 0 aromatic rings. The Hall–Kier alpha value is 1.06. The maximum Gasteiger partial charge on any atom is 0.0405 e. The zero-order valence-electron chi connectivity index (χ0n) is 4.98. The van der Waals surface area contributed by atoms with Crippen molar-refractivity contribution in [1.82, 2.24) is 0 Å². The van der Waals surface area contributed by atoms with Gasteiger partial charge in [-0.25, -0.2) is 0 Å². The van der Waals surface area contributed by atoms with E-state index < -0.39 is 0 Å². The summed E-state index contributed by atoms with van der Waals surface area (Å²) in [4.78, 5) is 0. The molecule has 0 saturated carbocycles. The third-order valence-corrected chi connectivity index (χ3v) is 0.451. The zero-order valence-corrected chi connectivity index (χ0v) is 7.82. The first kappa shape index (κ1) is 16.0. The van der Waals surface area contributed by atoms with E-state index in [1.54, 1.807) is 0 Å². The quantitative estimate of drug-likeness (QED) is 0.607. The van der Waals surface area contributed by atoms with Crippen molar-refractivity contribution in [3.05, 3.63) is 6.92 Å². The van der Waals surface area contributed by atoms with Crippen molar-refractivity contribution in [2.24, 2.45) is 0 Å². The van der Waals surface area contributed by atoms with Gasteiger partial charge in [-0.3, -0.25) is 0 Å². The summed E-state index contributed by atoms with van der Waals surface area (Å²) in [6.07, 6.45) is 0.148. The van der Waals surface area contributed by atoms with Gasteiger partial charge in [-0.2, -0.15) is 0 Å². The standard InChI is InChI=1S/C5H11O.CH4.Y/c1-4-6-5(2)3;;/h5H,2,4H2,1,3H3;1H4;/q-1;;. The molecule has 0 heterocycles. The van der Waals surface area contributed by atoms with Crippen LogP contribution in [-0.4, -0.2) is 12.7 Å². The van der Waals surface area contributed by atoms with Crippen molar-refractivity contribution >= 4 is 0 Å². The minimum Gasteiger partial charge on any atom is -0.411 e.